The van der Waals surface area contributed by atoms with Crippen molar-refractivity contribution >= 4 is 17.7 Å². The third-order valence-corrected chi connectivity index (χ3v) is 6.08. The predicted molar refractivity (Wildman–Crippen MR) is 106 cm³/mol. The van der Waals surface area contributed by atoms with Gasteiger partial charge in [0, 0.05) is 38.2 Å². The normalized spacial score (nSPS) is 18.2. The molecule has 0 unspecified atom stereocenters. The van der Waals surface area contributed by atoms with E-state index in [1.54, 1.807) is 13.8 Å². The van der Waals surface area contributed by atoms with Crippen LogP contribution in [0.25, 0.3) is 0 Å². The van der Waals surface area contributed by atoms with Crippen molar-refractivity contribution in [3.63, 3.8) is 0 Å². The maximum atomic E-state index is 12.4. The Labute approximate surface area is 166 Å². The average Bonchev–Trinajstić information content (AvgIpc) is 3.29. The second-order valence-corrected chi connectivity index (χ2v) is 7.99. The zero-order valence-electron chi connectivity index (χ0n) is 16.9. The number of carbonyl (C=O) groups excluding carboxylic acids is 2. The van der Waals surface area contributed by atoms with Gasteiger partial charge in [0.2, 0.25) is 17.7 Å². The summed E-state index contributed by atoms with van der Waals surface area (Å²) in [5, 5.41) is 11.9. The summed E-state index contributed by atoms with van der Waals surface area (Å²) >= 11 is 0. The molecule has 0 aromatic carbocycles. The molecule has 2 aliphatic rings. The third kappa shape index (κ3) is 4.93. The maximum Gasteiger partial charge on any atom is 0.240 e. The number of carbonyl (C=O) groups is 2. The first-order valence-electron chi connectivity index (χ1n) is 10.3. The Morgan fingerprint density at radius 2 is 1.86 bits per heavy atom. The summed E-state index contributed by atoms with van der Waals surface area (Å²) in [5.74, 6) is 1.64. The van der Waals surface area contributed by atoms with Crippen molar-refractivity contribution in [2.75, 3.05) is 38.0 Å². The summed E-state index contributed by atoms with van der Waals surface area (Å²) < 4.78 is 5.49. The molecule has 2 fully saturated rings. The molecule has 1 saturated carbocycles. The number of furan rings is 1. The molecule has 3 rings (SSSR count). The van der Waals surface area contributed by atoms with E-state index in [9.17, 15) is 14.9 Å². The fourth-order valence-electron chi connectivity index (χ4n) is 4.16. The number of nitriles is 1. The summed E-state index contributed by atoms with van der Waals surface area (Å²) in [6, 6.07) is 2.08. The van der Waals surface area contributed by atoms with E-state index in [-0.39, 0.29) is 24.2 Å². The number of nitrogens with zero attached hydrogens (tertiary/aromatic N) is 3. The molecule has 2 amide bonds. The molecule has 7 heteroatoms. The Morgan fingerprint density at radius 1 is 1.18 bits per heavy atom. The second kappa shape index (κ2) is 9.24. The lowest BCUT2D eigenvalue weighted by Gasteiger charge is -2.34. The molecular weight excluding hydrogens is 356 g/mol. The summed E-state index contributed by atoms with van der Waals surface area (Å²) in [6.07, 6.45) is 6.85. The summed E-state index contributed by atoms with van der Waals surface area (Å²) in [7, 11) is 0. The van der Waals surface area contributed by atoms with Gasteiger partial charge in [-0.1, -0.05) is 25.7 Å². The average molecular weight is 386 g/mol. The number of rotatable bonds is 6. The lowest BCUT2D eigenvalue weighted by Crippen LogP contribution is -2.50. The summed E-state index contributed by atoms with van der Waals surface area (Å²) in [5.41, 5.74) is 1.13. The molecule has 1 aliphatic carbocycles. The number of piperazine rings is 1. The highest BCUT2D eigenvalue weighted by atomic mass is 16.4. The van der Waals surface area contributed by atoms with Gasteiger partial charge in [-0.05, 0) is 26.2 Å². The van der Waals surface area contributed by atoms with Crippen LogP contribution in [0.3, 0.4) is 0 Å². The first-order valence-corrected chi connectivity index (χ1v) is 10.3. The molecule has 0 spiro atoms. The predicted octanol–water partition coefficient (Wildman–Crippen LogP) is 2.82. The van der Waals surface area contributed by atoms with Gasteiger partial charge in [-0.15, -0.1) is 0 Å². The molecule has 7 nitrogen and oxygen atoms in total. The van der Waals surface area contributed by atoms with Gasteiger partial charge in [-0.25, -0.2) is 0 Å². The van der Waals surface area contributed by atoms with Gasteiger partial charge in [0.1, 0.15) is 17.4 Å². The topological polar surface area (TPSA) is 89.6 Å². The van der Waals surface area contributed by atoms with Crippen molar-refractivity contribution in [3.05, 3.63) is 16.9 Å². The Kier molecular flexibility index (Phi) is 6.74. The summed E-state index contributed by atoms with van der Waals surface area (Å²) in [4.78, 5) is 28.7. The minimum absolute atomic E-state index is 0.203. The van der Waals surface area contributed by atoms with Crippen molar-refractivity contribution in [2.45, 2.75) is 52.4 Å². The Balaban J connectivity index is 1.41. The SMILES string of the molecule is Cc1oc(NC(=O)CN2CCN(C(=O)CCC3CCCC3)CC2)c(C#N)c1C. The van der Waals surface area contributed by atoms with Crippen LogP contribution in [0.4, 0.5) is 5.88 Å². The quantitative estimate of drug-likeness (QED) is 0.812. The molecule has 152 valence electrons. The van der Waals surface area contributed by atoms with E-state index in [0.717, 1.165) is 17.9 Å². The van der Waals surface area contributed by atoms with Crippen LogP contribution in [-0.4, -0.2) is 54.3 Å². The number of hydrogen-bond donors (Lipinski definition) is 1. The molecule has 0 atom stereocenters. The molecule has 1 aliphatic heterocycles. The number of aryl methyl sites for hydroxylation is 1. The molecule has 28 heavy (non-hydrogen) atoms. The molecule has 0 bridgehead atoms. The van der Waals surface area contributed by atoms with Crippen molar-refractivity contribution in [3.8, 4) is 6.07 Å². The van der Waals surface area contributed by atoms with E-state index in [0.29, 0.717) is 43.9 Å². The van der Waals surface area contributed by atoms with Crippen LogP contribution < -0.4 is 5.32 Å². The molecule has 0 radical (unpaired) electrons. The molecule has 2 heterocycles. The zero-order chi connectivity index (χ0) is 20.1. The molecule has 1 saturated heterocycles. The Bertz CT molecular complexity index is 750. The monoisotopic (exact) mass is 386 g/mol. The van der Waals surface area contributed by atoms with E-state index in [4.69, 9.17) is 4.42 Å². The van der Waals surface area contributed by atoms with Gasteiger partial charge < -0.3 is 9.32 Å². The Morgan fingerprint density at radius 3 is 2.50 bits per heavy atom. The van der Waals surface area contributed by atoms with E-state index >= 15 is 0 Å². The second-order valence-electron chi connectivity index (χ2n) is 7.99. The van der Waals surface area contributed by atoms with Crippen molar-refractivity contribution < 1.29 is 14.0 Å². The zero-order valence-corrected chi connectivity index (χ0v) is 16.9. The van der Waals surface area contributed by atoms with E-state index in [1.807, 2.05) is 9.80 Å². The first-order chi connectivity index (χ1) is 13.5. The molecule has 1 aromatic heterocycles. The molecule has 1 N–H and O–H groups in total. The Hall–Kier alpha value is -2.33. The van der Waals surface area contributed by atoms with Crippen LogP contribution in [0.15, 0.2) is 4.42 Å². The van der Waals surface area contributed by atoms with Crippen LogP contribution in [0, 0.1) is 31.1 Å². The van der Waals surface area contributed by atoms with Gasteiger partial charge in [0.25, 0.3) is 0 Å². The van der Waals surface area contributed by atoms with Crippen molar-refractivity contribution in [1.82, 2.24) is 9.80 Å². The van der Waals surface area contributed by atoms with Gasteiger partial charge in [0.15, 0.2) is 0 Å². The molecular formula is C21H30N4O3. The van der Waals surface area contributed by atoms with Gasteiger partial charge in [-0.2, -0.15) is 5.26 Å². The lowest BCUT2D eigenvalue weighted by molar-refractivity contribution is -0.133. The van der Waals surface area contributed by atoms with Crippen molar-refractivity contribution in [2.24, 2.45) is 5.92 Å². The number of amides is 2. The number of hydrogen-bond acceptors (Lipinski definition) is 5. The first kappa shape index (κ1) is 20.4. The van der Waals surface area contributed by atoms with E-state index in [2.05, 4.69) is 11.4 Å². The van der Waals surface area contributed by atoms with Crippen LogP contribution in [-0.2, 0) is 9.59 Å². The van der Waals surface area contributed by atoms with Gasteiger partial charge in [-0.3, -0.25) is 19.8 Å². The highest BCUT2D eigenvalue weighted by Crippen LogP contribution is 2.29. The maximum absolute atomic E-state index is 12.4. The minimum Gasteiger partial charge on any atom is -0.444 e. The number of nitrogens with one attached hydrogen (secondary N) is 1. The molecule has 1 aromatic rings. The summed E-state index contributed by atoms with van der Waals surface area (Å²) in [6.45, 7) is 6.50. The highest BCUT2D eigenvalue weighted by Gasteiger charge is 2.24. The van der Waals surface area contributed by atoms with Gasteiger partial charge >= 0.3 is 0 Å². The van der Waals surface area contributed by atoms with Gasteiger partial charge in [0.05, 0.1) is 6.54 Å². The van der Waals surface area contributed by atoms with Crippen LogP contribution >= 0.6 is 0 Å². The number of anilines is 1. The smallest absolute Gasteiger partial charge is 0.240 e. The fourth-order valence-corrected chi connectivity index (χ4v) is 4.16. The van der Waals surface area contributed by atoms with E-state index < -0.39 is 0 Å². The van der Waals surface area contributed by atoms with Crippen molar-refractivity contribution in [1.29, 1.82) is 5.26 Å². The third-order valence-electron chi connectivity index (χ3n) is 6.08. The fraction of sp³-hybridized carbons (Fsp3) is 0.667. The largest absolute Gasteiger partial charge is 0.444 e. The van der Waals surface area contributed by atoms with Crippen LogP contribution in [0.1, 0.15) is 55.4 Å². The minimum atomic E-state index is -0.203. The van der Waals surface area contributed by atoms with Crippen LogP contribution in [0.2, 0.25) is 0 Å². The lowest BCUT2D eigenvalue weighted by atomic mass is 10.0. The standard InChI is InChI=1S/C21H30N4O3/c1-15-16(2)28-21(18(15)13-22)23-19(26)14-24-9-11-25(12-10-24)20(27)8-7-17-5-3-4-6-17/h17H,3-12,14H2,1-2H3,(H,23,26). The van der Waals surface area contributed by atoms with Crippen LogP contribution in [0.5, 0.6) is 0 Å². The van der Waals surface area contributed by atoms with E-state index in [1.165, 1.54) is 25.7 Å². The highest BCUT2D eigenvalue weighted by molar-refractivity contribution is 5.92.